The van der Waals surface area contributed by atoms with Crippen molar-refractivity contribution in [1.82, 2.24) is 5.32 Å². The maximum absolute atomic E-state index is 13.5. The highest BCUT2D eigenvalue weighted by Gasteiger charge is 2.13. The Morgan fingerprint density at radius 1 is 1.11 bits per heavy atom. The minimum absolute atomic E-state index is 0.0127. The van der Waals surface area contributed by atoms with E-state index in [4.69, 9.17) is 0 Å². The van der Waals surface area contributed by atoms with E-state index in [0.717, 1.165) is 11.1 Å². The van der Waals surface area contributed by atoms with Crippen LogP contribution in [-0.2, 0) is 6.42 Å². The van der Waals surface area contributed by atoms with Crippen LogP contribution in [0.2, 0.25) is 0 Å². The number of benzene rings is 2. The zero-order valence-corrected chi connectivity index (χ0v) is 12.0. The number of hydrogen-bond acceptors (Lipinski definition) is 1. The molecule has 2 aromatic carbocycles. The van der Waals surface area contributed by atoms with Gasteiger partial charge in [0.1, 0.15) is 11.6 Å². The van der Waals surface area contributed by atoms with Gasteiger partial charge in [-0.3, -0.25) is 0 Å². The normalized spacial score (nSPS) is 12.4. The molecule has 100 valence electrons. The molecule has 2 rings (SSSR count). The lowest BCUT2D eigenvalue weighted by Gasteiger charge is -2.17. The van der Waals surface area contributed by atoms with E-state index in [1.54, 1.807) is 18.2 Å². The summed E-state index contributed by atoms with van der Waals surface area (Å²) in [6.45, 7) is 0. The minimum Gasteiger partial charge on any atom is -0.313 e. The van der Waals surface area contributed by atoms with Crippen LogP contribution in [0.15, 0.2) is 46.9 Å². The molecule has 0 amide bonds. The van der Waals surface area contributed by atoms with Crippen LogP contribution in [0.25, 0.3) is 0 Å². The van der Waals surface area contributed by atoms with Crippen molar-refractivity contribution in [2.24, 2.45) is 0 Å². The second-order valence-corrected chi connectivity index (χ2v) is 5.10. The van der Waals surface area contributed by atoms with E-state index in [1.807, 2.05) is 13.1 Å². The summed E-state index contributed by atoms with van der Waals surface area (Å²) in [5.74, 6) is -0.531. The standard InChI is InChI=1S/C15H14BrF2N/c1-19-14(10-5-7-12(17)8-6-10)9-11-3-2-4-13(18)15(11)16/h2-8,14,19H,9H2,1H3. The molecule has 0 aliphatic heterocycles. The molecule has 0 saturated heterocycles. The molecule has 4 heteroatoms. The van der Waals surface area contributed by atoms with Gasteiger partial charge in [-0.15, -0.1) is 0 Å². The smallest absolute Gasteiger partial charge is 0.137 e. The lowest BCUT2D eigenvalue weighted by atomic mass is 9.99. The molecule has 0 fully saturated rings. The molecule has 0 aliphatic carbocycles. The van der Waals surface area contributed by atoms with Crippen LogP contribution in [0.3, 0.4) is 0 Å². The zero-order chi connectivity index (χ0) is 13.8. The second kappa shape index (κ2) is 6.26. The largest absolute Gasteiger partial charge is 0.313 e. The zero-order valence-electron chi connectivity index (χ0n) is 10.5. The van der Waals surface area contributed by atoms with E-state index in [1.165, 1.54) is 18.2 Å². The van der Waals surface area contributed by atoms with Gasteiger partial charge in [-0.2, -0.15) is 0 Å². The van der Waals surface area contributed by atoms with Crippen molar-refractivity contribution in [3.8, 4) is 0 Å². The van der Waals surface area contributed by atoms with Crippen LogP contribution < -0.4 is 5.32 Å². The summed E-state index contributed by atoms with van der Waals surface area (Å²) in [5.41, 5.74) is 1.85. The molecular weight excluding hydrogens is 312 g/mol. The van der Waals surface area contributed by atoms with Crippen LogP contribution in [0.4, 0.5) is 8.78 Å². The molecule has 0 aliphatic rings. The van der Waals surface area contributed by atoms with Gasteiger partial charge in [-0.05, 0) is 58.7 Å². The number of hydrogen-bond donors (Lipinski definition) is 1. The van der Waals surface area contributed by atoms with Gasteiger partial charge in [-0.1, -0.05) is 24.3 Å². The van der Waals surface area contributed by atoms with Crippen molar-refractivity contribution in [2.75, 3.05) is 7.05 Å². The number of halogens is 3. The summed E-state index contributed by atoms with van der Waals surface area (Å²) in [6.07, 6.45) is 0.625. The van der Waals surface area contributed by atoms with Gasteiger partial charge >= 0.3 is 0 Å². The van der Waals surface area contributed by atoms with Crippen LogP contribution in [-0.4, -0.2) is 7.05 Å². The highest BCUT2D eigenvalue weighted by atomic mass is 79.9. The molecule has 0 saturated carbocycles. The van der Waals surface area contributed by atoms with Crippen LogP contribution >= 0.6 is 15.9 Å². The average Bonchev–Trinajstić information content (AvgIpc) is 2.42. The molecule has 0 radical (unpaired) electrons. The average molecular weight is 326 g/mol. The SMILES string of the molecule is CNC(Cc1cccc(F)c1Br)c1ccc(F)cc1. The summed E-state index contributed by atoms with van der Waals surface area (Å²) >= 11 is 3.26. The molecule has 0 bridgehead atoms. The van der Waals surface area contributed by atoms with Gasteiger partial charge in [0.05, 0.1) is 4.47 Å². The number of rotatable bonds is 4. The summed E-state index contributed by atoms with van der Waals surface area (Å²) in [6, 6.07) is 11.3. The predicted octanol–water partition coefficient (Wildman–Crippen LogP) is 4.23. The maximum atomic E-state index is 13.5. The number of nitrogens with one attached hydrogen (secondary N) is 1. The van der Waals surface area contributed by atoms with Gasteiger partial charge in [-0.25, -0.2) is 8.78 Å². The molecule has 0 heterocycles. The Bertz CT molecular complexity index is 555. The monoisotopic (exact) mass is 325 g/mol. The lowest BCUT2D eigenvalue weighted by molar-refractivity contribution is 0.576. The van der Waals surface area contributed by atoms with Gasteiger partial charge in [0.15, 0.2) is 0 Å². The van der Waals surface area contributed by atoms with E-state index in [2.05, 4.69) is 21.2 Å². The molecule has 1 nitrogen and oxygen atoms in total. The summed E-state index contributed by atoms with van der Waals surface area (Å²) in [4.78, 5) is 0. The fourth-order valence-corrected chi connectivity index (χ4v) is 2.43. The fraction of sp³-hybridized carbons (Fsp3) is 0.200. The van der Waals surface area contributed by atoms with Crippen molar-refractivity contribution in [1.29, 1.82) is 0 Å². The van der Waals surface area contributed by atoms with E-state index in [-0.39, 0.29) is 17.7 Å². The van der Waals surface area contributed by atoms with Crippen LogP contribution in [0.1, 0.15) is 17.2 Å². The summed E-state index contributed by atoms with van der Waals surface area (Å²) in [5, 5.41) is 3.17. The molecule has 0 spiro atoms. The van der Waals surface area contributed by atoms with Crippen LogP contribution in [0, 0.1) is 11.6 Å². The Balaban J connectivity index is 2.24. The second-order valence-electron chi connectivity index (χ2n) is 4.31. The Labute approximate surface area is 119 Å². The van der Waals surface area contributed by atoms with Crippen molar-refractivity contribution in [2.45, 2.75) is 12.5 Å². The third kappa shape index (κ3) is 3.39. The van der Waals surface area contributed by atoms with Gasteiger partial charge in [0, 0.05) is 6.04 Å². The molecule has 19 heavy (non-hydrogen) atoms. The fourth-order valence-electron chi connectivity index (χ4n) is 2.01. The predicted molar refractivity (Wildman–Crippen MR) is 76.0 cm³/mol. The molecule has 1 unspecified atom stereocenters. The topological polar surface area (TPSA) is 12.0 Å². The Morgan fingerprint density at radius 3 is 2.42 bits per heavy atom. The first kappa shape index (κ1) is 14.2. The van der Waals surface area contributed by atoms with Crippen molar-refractivity contribution < 1.29 is 8.78 Å². The molecule has 1 N–H and O–H groups in total. The maximum Gasteiger partial charge on any atom is 0.137 e. The highest BCUT2D eigenvalue weighted by molar-refractivity contribution is 9.10. The molecular formula is C15H14BrF2N. The first-order valence-corrected chi connectivity index (χ1v) is 6.76. The molecule has 2 aromatic rings. The summed E-state index contributed by atoms with van der Waals surface area (Å²) < 4.78 is 26.9. The third-order valence-corrected chi connectivity index (χ3v) is 3.96. The molecule has 0 aromatic heterocycles. The number of likely N-dealkylation sites (N-methyl/N-ethyl adjacent to an activating group) is 1. The van der Waals surface area contributed by atoms with Crippen molar-refractivity contribution in [3.63, 3.8) is 0 Å². The quantitative estimate of drug-likeness (QED) is 0.887. The minimum atomic E-state index is -0.272. The highest BCUT2D eigenvalue weighted by Crippen LogP contribution is 2.26. The van der Waals surface area contributed by atoms with Gasteiger partial charge < -0.3 is 5.32 Å². The van der Waals surface area contributed by atoms with Crippen molar-refractivity contribution >= 4 is 15.9 Å². The van der Waals surface area contributed by atoms with E-state index < -0.39 is 0 Å². The Kier molecular flexibility index (Phi) is 4.66. The van der Waals surface area contributed by atoms with E-state index >= 15 is 0 Å². The lowest BCUT2D eigenvalue weighted by Crippen LogP contribution is -2.19. The van der Waals surface area contributed by atoms with Gasteiger partial charge in [0.2, 0.25) is 0 Å². The summed E-state index contributed by atoms with van der Waals surface area (Å²) in [7, 11) is 1.83. The van der Waals surface area contributed by atoms with Crippen molar-refractivity contribution in [3.05, 3.63) is 69.7 Å². The van der Waals surface area contributed by atoms with Crippen LogP contribution in [0.5, 0.6) is 0 Å². The Morgan fingerprint density at radius 2 is 1.79 bits per heavy atom. The Hall–Kier alpha value is -1.26. The van der Waals surface area contributed by atoms with E-state index in [9.17, 15) is 8.78 Å². The van der Waals surface area contributed by atoms with Gasteiger partial charge in [0.25, 0.3) is 0 Å². The third-order valence-electron chi connectivity index (χ3n) is 3.08. The van der Waals surface area contributed by atoms with E-state index in [0.29, 0.717) is 10.9 Å². The first-order valence-electron chi connectivity index (χ1n) is 5.97. The molecule has 1 atom stereocenters. The first-order chi connectivity index (χ1) is 9.11.